The molecule has 1 aromatic heterocycles. The van der Waals surface area contributed by atoms with Gasteiger partial charge in [-0.15, -0.1) is 0 Å². The summed E-state index contributed by atoms with van der Waals surface area (Å²) >= 11 is 0. The molecule has 0 aliphatic carbocycles. The number of furan rings is 1. The molecule has 47 heavy (non-hydrogen) atoms. The van der Waals surface area contributed by atoms with E-state index in [0.29, 0.717) is 0 Å². The van der Waals surface area contributed by atoms with E-state index < -0.39 is 0 Å². The number of hydrogen-bond acceptors (Lipinski definition) is 1. The Morgan fingerprint density at radius 1 is 0.277 bits per heavy atom. The Balaban J connectivity index is 1.23. The van der Waals surface area contributed by atoms with Gasteiger partial charge in [0.1, 0.15) is 11.2 Å². The standard InChI is InChI=1S/C46H28O/c1-2-11-31-26-32(22-20-29(31)10-1)35-18-9-12-30-21-23-33(27-42(30)35)45-38-14-3-5-16-40(38)46(41-17-6-4-15-39(41)45)34-24-25-37-36-13-7-8-19-43(36)47-44(37)28-34/h1-28H. The molecule has 0 saturated carbocycles. The SMILES string of the molecule is c1ccc2cc(-c3cccc4ccc(-c5c6ccccc6c(-c6ccc7c(c6)oc6ccccc67)c6ccccc56)cc34)ccc2c1. The molecule has 0 fully saturated rings. The highest BCUT2D eigenvalue weighted by atomic mass is 16.3. The zero-order valence-electron chi connectivity index (χ0n) is 25.6. The molecular weight excluding hydrogens is 569 g/mol. The number of fused-ring (bicyclic) bond motifs is 7. The maximum absolute atomic E-state index is 6.34. The van der Waals surface area contributed by atoms with E-state index in [1.165, 1.54) is 70.9 Å². The van der Waals surface area contributed by atoms with Crippen molar-refractivity contribution in [3.05, 3.63) is 170 Å². The second-order valence-electron chi connectivity index (χ2n) is 12.5. The van der Waals surface area contributed by atoms with Crippen LogP contribution in [-0.4, -0.2) is 0 Å². The van der Waals surface area contributed by atoms with Crippen LogP contribution in [0, 0.1) is 0 Å². The molecular formula is C46H28O. The van der Waals surface area contributed by atoms with Gasteiger partial charge in [-0.1, -0.05) is 140 Å². The van der Waals surface area contributed by atoms with Gasteiger partial charge in [0.25, 0.3) is 0 Å². The first-order valence-electron chi connectivity index (χ1n) is 16.2. The van der Waals surface area contributed by atoms with Crippen molar-refractivity contribution in [3.63, 3.8) is 0 Å². The minimum absolute atomic E-state index is 0.914. The lowest BCUT2D eigenvalue weighted by Crippen LogP contribution is -1.91. The first kappa shape index (κ1) is 26.1. The minimum atomic E-state index is 0.914. The fourth-order valence-electron chi connectivity index (χ4n) is 7.67. The summed E-state index contributed by atoms with van der Waals surface area (Å²) in [5, 5.41) is 12.3. The van der Waals surface area contributed by atoms with Gasteiger partial charge in [0.05, 0.1) is 0 Å². The topological polar surface area (TPSA) is 13.1 Å². The highest BCUT2D eigenvalue weighted by Crippen LogP contribution is 2.45. The average molecular weight is 597 g/mol. The summed E-state index contributed by atoms with van der Waals surface area (Å²) in [6, 6.07) is 61.7. The molecule has 0 N–H and O–H groups in total. The van der Waals surface area contributed by atoms with E-state index in [1.807, 2.05) is 12.1 Å². The Kier molecular flexibility index (Phi) is 5.64. The molecule has 0 bridgehead atoms. The second-order valence-corrected chi connectivity index (χ2v) is 12.5. The van der Waals surface area contributed by atoms with E-state index in [0.717, 1.165) is 27.5 Å². The lowest BCUT2D eigenvalue weighted by molar-refractivity contribution is 0.669. The van der Waals surface area contributed by atoms with Crippen LogP contribution >= 0.6 is 0 Å². The summed E-state index contributed by atoms with van der Waals surface area (Å²) in [7, 11) is 0. The Bertz CT molecular complexity index is 2800. The van der Waals surface area contributed by atoms with E-state index in [2.05, 4.69) is 158 Å². The normalized spacial score (nSPS) is 11.8. The predicted molar refractivity (Wildman–Crippen MR) is 200 cm³/mol. The van der Waals surface area contributed by atoms with Crippen molar-refractivity contribution in [1.82, 2.24) is 0 Å². The van der Waals surface area contributed by atoms with Gasteiger partial charge in [-0.3, -0.25) is 0 Å². The molecule has 0 radical (unpaired) electrons. The monoisotopic (exact) mass is 596 g/mol. The van der Waals surface area contributed by atoms with Crippen molar-refractivity contribution < 1.29 is 4.42 Å². The summed E-state index contributed by atoms with van der Waals surface area (Å²) in [5.41, 5.74) is 9.20. The van der Waals surface area contributed by atoms with Crippen molar-refractivity contribution in [1.29, 1.82) is 0 Å². The Morgan fingerprint density at radius 2 is 0.809 bits per heavy atom. The first-order valence-corrected chi connectivity index (χ1v) is 16.2. The van der Waals surface area contributed by atoms with E-state index >= 15 is 0 Å². The van der Waals surface area contributed by atoms with Gasteiger partial charge >= 0.3 is 0 Å². The Labute approximate surface area is 271 Å². The van der Waals surface area contributed by atoms with Crippen molar-refractivity contribution in [2.24, 2.45) is 0 Å². The molecule has 0 saturated heterocycles. The first-order chi connectivity index (χ1) is 23.3. The summed E-state index contributed by atoms with van der Waals surface area (Å²) in [6.07, 6.45) is 0. The van der Waals surface area contributed by atoms with Crippen molar-refractivity contribution in [2.45, 2.75) is 0 Å². The van der Waals surface area contributed by atoms with E-state index in [9.17, 15) is 0 Å². The number of benzene rings is 9. The lowest BCUT2D eigenvalue weighted by atomic mass is 9.85. The summed E-state index contributed by atoms with van der Waals surface area (Å²) in [6.45, 7) is 0. The molecule has 9 aromatic carbocycles. The highest BCUT2D eigenvalue weighted by molar-refractivity contribution is 6.22. The van der Waals surface area contributed by atoms with Crippen molar-refractivity contribution in [2.75, 3.05) is 0 Å². The molecule has 0 unspecified atom stereocenters. The molecule has 0 atom stereocenters. The number of rotatable bonds is 3. The van der Waals surface area contributed by atoms with Crippen LogP contribution in [0.3, 0.4) is 0 Å². The lowest BCUT2D eigenvalue weighted by Gasteiger charge is -2.18. The van der Waals surface area contributed by atoms with Crippen molar-refractivity contribution in [3.8, 4) is 33.4 Å². The van der Waals surface area contributed by atoms with Crippen molar-refractivity contribution >= 4 is 65.0 Å². The third-order valence-corrected chi connectivity index (χ3v) is 9.83. The fraction of sp³-hybridized carbons (Fsp3) is 0. The molecule has 0 spiro atoms. The van der Waals surface area contributed by atoms with Crippen LogP contribution in [-0.2, 0) is 0 Å². The van der Waals surface area contributed by atoms with Gasteiger partial charge in [0.15, 0.2) is 0 Å². The minimum Gasteiger partial charge on any atom is -0.456 e. The summed E-state index contributed by atoms with van der Waals surface area (Å²) in [4.78, 5) is 0. The van der Waals surface area contributed by atoms with Crippen LogP contribution in [0.4, 0.5) is 0 Å². The maximum atomic E-state index is 6.34. The molecule has 10 rings (SSSR count). The second kappa shape index (κ2) is 10.2. The van der Waals surface area contributed by atoms with Gasteiger partial charge in [-0.25, -0.2) is 0 Å². The summed E-state index contributed by atoms with van der Waals surface area (Å²) in [5.74, 6) is 0. The molecule has 1 nitrogen and oxygen atoms in total. The smallest absolute Gasteiger partial charge is 0.136 e. The summed E-state index contributed by atoms with van der Waals surface area (Å²) < 4.78 is 6.34. The van der Waals surface area contributed by atoms with Crippen LogP contribution in [0.25, 0.3) is 98.4 Å². The van der Waals surface area contributed by atoms with E-state index in [-0.39, 0.29) is 0 Å². The molecule has 0 aliphatic heterocycles. The fourth-order valence-corrected chi connectivity index (χ4v) is 7.67. The van der Waals surface area contributed by atoms with E-state index in [1.54, 1.807) is 0 Å². The van der Waals surface area contributed by atoms with E-state index in [4.69, 9.17) is 4.42 Å². The largest absolute Gasteiger partial charge is 0.456 e. The van der Waals surface area contributed by atoms with Crippen LogP contribution in [0.1, 0.15) is 0 Å². The molecule has 0 amide bonds. The third-order valence-electron chi connectivity index (χ3n) is 9.83. The van der Waals surface area contributed by atoms with Gasteiger partial charge in [-0.2, -0.15) is 0 Å². The number of para-hydroxylation sites is 1. The van der Waals surface area contributed by atoms with Gasteiger partial charge in [-0.05, 0) is 107 Å². The van der Waals surface area contributed by atoms with Gasteiger partial charge < -0.3 is 4.42 Å². The molecule has 218 valence electrons. The highest BCUT2D eigenvalue weighted by Gasteiger charge is 2.18. The third kappa shape index (κ3) is 4.03. The van der Waals surface area contributed by atoms with Crippen LogP contribution < -0.4 is 0 Å². The zero-order chi connectivity index (χ0) is 30.9. The predicted octanol–water partition coefficient (Wildman–Crippen LogP) is 13.2. The zero-order valence-corrected chi connectivity index (χ0v) is 25.6. The van der Waals surface area contributed by atoms with Gasteiger partial charge in [0.2, 0.25) is 0 Å². The van der Waals surface area contributed by atoms with Gasteiger partial charge in [0, 0.05) is 10.8 Å². The van der Waals surface area contributed by atoms with Crippen LogP contribution in [0.15, 0.2) is 174 Å². The van der Waals surface area contributed by atoms with Crippen LogP contribution in [0.5, 0.6) is 0 Å². The van der Waals surface area contributed by atoms with Crippen LogP contribution in [0.2, 0.25) is 0 Å². The Morgan fingerprint density at radius 3 is 1.55 bits per heavy atom. The molecule has 0 aliphatic rings. The molecule has 1 heteroatoms. The molecule has 1 heterocycles. The number of hydrogen-bond donors (Lipinski definition) is 0. The quantitative estimate of drug-likeness (QED) is 0.185. The molecule has 10 aromatic rings. The Hall–Kier alpha value is -6.18. The maximum Gasteiger partial charge on any atom is 0.136 e. The average Bonchev–Trinajstić information content (AvgIpc) is 3.51.